The first-order valence-electron chi connectivity index (χ1n) is 4.69. The summed E-state index contributed by atoms with van der Waals surface area (Å²) >= 11 is 0. The van der Waals surface area contributed by atoms with Crippen molar-refractivity contribution in [3.63, 3.8) is 0 Å². The van der Waals surface area contributed by atoms with Gasteiger partial charge in [0.05, 0.1) is 6.42 Å². The summed E-state index contributed by atoms with van der Waals surface area (Å²) in [6.07, 6.45) is -2.73. The SMILES string of the molecule is CC1CC(NC(C)CC(F)(F)F)C1. The largest absolute Gasteiger partial charge is 0.390 e. The van der Waals surface area contributed by atoms with Gasteiger partial charge in [-0.2, -0.15) is 13.2 Å². The highest BCUT2D eigenvalue weighted by Gasteiger charge is 2.32. The van der Waals surface area contributed by atoms with Gasteiger partial charge < -0.3 is 5.32 Å². The maximum atomic E-state index is 11.9. The van der Waals surface area contributed by atoms with E-state index in [9.17, 15) is 13.2 Å². The molecule has 0 bridgehead atoms. The molecule has 0 aromatic heterocycles. The molecule has 1 rings (SSSR count). The van der Waals surface area contributed by atoms with Crippen LogP contribution in [0.5, 0.6) is 0 Å². The molecule has 0 aromatic carbocycles. The summed E-state index contributed by atoms with van der Waals surface area (Å²) in [6, 6.07) is -0.134. The zero-order chi connectivity index (χ0) is 10.1. The van der Waals surface area contributed by atoms with E-state index in [4.69, 9.17) is 0 Å². The molecule has 0 aromatic rings. The van der Waals surface area contributed by atoms with Gasteiger partial charge in [0.1, 0.15) is 0 Å². The number of alkyl halides is 3. The molecular formula is C9H16F3N. The van der Waals surface area contributed by atoms with Crippen LogP contribution in [0.15, 0.2) is 0 Å². The molecule has 0 aliphatic heterocycles. The summed E-state index contributed by atoms with van der Waals surface area (Å²) < 4.78 is 35.7. The van der Waals surface area contributed by atoms with E-state index in [-0.39, 0.29) is 0 Å². The van der Waals surface area contributed by atoms with Gasteiger partial charge in [-0.05, 0) is 25.7 Å². The molecule has 1 N–H and O–H groups in total. The van der Waals surface area contributed by atoms with Crippen LogP contribution >= 0.6 is 0 Å². The smallest absolute Gasteiger partial charge is 0.311 e. The summed E-state index contributed by atoms with van der Waals surface area (Å²) in [6.45, 7) is 3.71. The van der Waals surface area contributed by atoms with Gasteiger partial charge in [-0.1, -0.05) is 6.92 Å². The molecular weight excluding hydrogens is 179 g/mol. The Balaban J connectivity index is 2.15. The van der Waals surface area contributed by atoms with Crippen molar-refractivity contribution in [3.05, 3.63) is 0 Å². The molecule has 4 heteroatoms. The fraction of sp³-hybridized carbons (Fsp3) is 1.00. The van der Waals surface area contributed by atoms with E-state index in [1.54, 1.807) is 6.92 Å². The zero-order valence-electron chi connectivity index (χ0n) is 7.99. The third-order valence-electron chi connectivity index (χ3n) is 2.43. The van der Waals surface area contributed by atoms with Crippen molar-refractivity contribution in [3.8, 4) is 0 Å². The van der Waals surface area contributed by atoms with Crippen molar-refractivity contribution in [1.29, 1.82) is 0 Å². The van der Waals surface area contributed by atoms with E-state index in [0.717, 1.165) is 12.8 Å². The van der Waals surface area contributed by atoms with E-state index >= 15 is 0 Å². The molecule has 1 unspecified atom stereocenters. The molecule has 0 saturated heterocycles. The van der Waals surface area contributed by atoms with Gasteiger partial charge in [-0.15, -0.1) is 0 Å². The Morgan fingerprint density at radius 3 is 2.31 bits per heavy atom. The Bertz CT molecular complexity index is 161. The second-order valence-corrected chi connectivity index (χ2v) is 4.16. The Hall–Kier alpha value is -0.250. The topological polar surface area (TPSA) is 12.0 Å². The van der Waals surface area contributed by atoms with Crippen LogP contribution in [0, 0.1) is 5.92 Å². The summed E-state index contributed by atoms with van der Waals surface area (Å²) in [5.74, 6) is 0.676. The molecule has 78 valence electrons. The van der Waals surface area contributed by atoms with Crippen LogP contribution < -0.4 is 5.32 Å². The monoisotopic (exact) mass is 195 g/mol. The Kier molecular flexibility index (Phi) is 3.22. The molecule has 0 amide bonds. The number of nitrogens with one attached hydrogen (secondary N) is 1. The Morgan fingerprint density at radius 1 is 1.38 bits per heavy atom. The number of halogens is 3. The maximum Gasteiger partial charge on any atom is 0.390 e. The first-order valence-corrected chi connectivity index (χ1v) is 4.69. The average molecular weight is 195 g/mol. The molecule has 1 aliphatic rings. The van der Waals surface area contributed by atoms with Gasteiger partial charge in [0.2, 0.25) is 0 Å². The predicted octanol–water partition coefficient (Wildman–Crippen LogP) is 2.72. The van der Waals surface area contributed by atoms with Gasteiger partial charge >= 0.3 is 6.18 Å². The number of rotatable bonds is 3. The van der Waals surface area contributed by atoms with E-state index in [1.807, 2.05) is 0 Å². The van der Waals surface area contributed by atoms with Gasteiger partial charge in [0, 0.05) is 12.1 Å². The molecule has 1 aliphatic carbocycles. The minimum absolute atomic E-state index is 0.312. The molecule has 1 fully saturated rings. The maximum absolute atomic E-state index is 11.9. The first kappa shape index (κ1) is 10.8. The summed E-state index contributed by atoms with van der Waals surface area (Å²) in [5.41, 5.74) is 0. The van der Waals surface area contributed by atoms with Crippen molar-refractivity contribution in [2.75, 3.05) is 0 Å². The van der Waals surface area contributed by atoms with Gasteiger partial charge in [0.15, 0.2) is 0 Å². The highest BCUT2D eigenvalue weighted by molar-refractivity contribution is 4.84. The highest BCUT2D eigenvalue weighted by atomic mass is 19.4. The van der Waals surface area contributed by atoms with Crippen molar-refractivity contribution >= 4 is 0 Å². The molecule has 0 radical (unpaired) electrons. The second kappa shape index (κ2) is 3.86. The Labute approximate surface area is 76.7 Å². The van der Waals surface area contributed by atoms with Gasteiger partial charge in [-0.25, -0.2) is 0 Å². The average Bonchev–Trinajstić information content (AvgIpc) is 1.79. The molecule has 0 spiro atoms. The minimum atomic E-state index is -4.04. The lowest BCUT2D eigenvalue weighted by Crippen LogP contribution is -2.45. The molecule has 1 atom stereocenters. The van der Waals surface area contributed by atoms with Crippen LogP contribution in [0.25, 0.3) is 0 Å². The molecule has 1 saturated carbocycles. The van der Waals surface area contributed by atoms with Crippen molar-refractivity contribution < 1.29 is 13.2 Å². The van der Waals surface area contributed by atoms with Crippen molar-refractivity contribution in [1.82, 2.24) is 5.32 Å². The van der Waals surface area contributed by atoms with Crippen LogP contribution in [0.3, 0.4) is 0 Å². The molecule has 13 heavy (non-hydrogen) atoms. The summed E-state index contributed by atoms with van der Waals surface area (Å²) in [5, 5.41) is 2.98. The fourth-order valence-electron chi connectivity index (χ4n) is 1.85. The number of hydrogen-bond donors (Lipinski definition) is 1. The van der Waals surface area contributed by atoms with Crippen LogP contribution in [-0.2, 0) is 0 Å². The summed E-state index contributed by atoms with van der Waals surface area (Å²) in [7, 11) is 0. The molecule has 0 heterocycles. The van der Waals surface area contributed by atoms with Gasteiger partial charge in [-0.3, -0.25) is 0 Å². The summed E-state index contributed by atoms with van der Waals surface area (Å²) in [4.78, 5) is 0. The lowest BCUT2D eigenvalue weighted by Gasteiger charge is -2.35. The fourth-order valence-corrected chi connectivity index (χ4v) is 1.85. The van der Waals surface area contributed by atoms with Crippen LogP contribution in [0.1, 0.15) is 33.1 Å². The van der Waals surface area contributed by atoms with E-state index < -0.39 is 18.6 Å². The second-order valence-electron chi connectivity index (χ2n) is 4.16. The first-order chi connectivity index (χ1) is 5.87. The quantitative estimate of drug-likeness (QED) is 0.730. The minimum Gasteiger partial charge on any atom is -0.311 e. The standard InChI is InChI=1S/C9H16F3N/c1-6-3-8(4-6)13-7(2)5-9(10,11)12/h6-8,13H,3-5H2,1-2H3. The van der Waals surface area contributed by atoms with Crippen molar-refractivity contribution in [2.24, 2.45) is 5.92 Å². The van der Waals surface area contributed by atoms with Gasteiger partial charge in [0.25, 0.3) is 0 Å². The van der Waals surface area contributed by atoms with Crippen LogP contribution in [0.4, 0.5) is 13.2 Å². The third kappa shape index (κ3) is 3.98. The van der Waals surface area contributed by atoms with Crippen molar-refractivity contribution in [2.45, 2.75) is 51.4 Å². The normalized spacial score (nSPS) is 31.2. The van der Waals surface area contributed by atoms with E-state index in [2.05, 4.69) is 12.2 Å². The van der Waals surface area contributed by atoms with E-state index in [1.165, 1.54) is 0 Å². The zero-order valence-corrected chi connectivity index (χ0v) is 7.99. The highest BCUT2D eigenvalue weighted by Crippen LogP contribution is 2.28. The lowest BCUT2D eigenvalue weighted by molar-refractivity contribution is -0.139. The third-order valence-corrected chi connectivity index (χ3v) is 2.43. The molecule has 1 nitrogen and oxygen atoms in total. The Morgan fingerprint density at radius 2 is 1.92 bits per heavy atom. The van der Waals surface area contributed by atoms with Crippen LogP contribution in [-0.4, -0.2) is 18.3 Å². The lowest BCUT2D eigenvalue weighted by atomic mass is 9.81. The van der Waals surface area contributed by atoms with Crippen LogP contribution in [0.2, 0.25) is 0 Å². The number of hydrogen-bond acceptors (Lipinski definition) is 1. The predicted molar refractivity (Wildman–Crippen MR) is 45.5 cm³/mol. The van der Waals surface area contributed by atoms with E-state index in [0.29, 0.717) is 12.0 Å².